The van der Waals surface area contributed by atoms with Crippen molar-refractivity contribution in [3.8, 4) is 0 Å². The molecule has 0 aromatic carbocycles. The average molecular weight is 183 g/mol. The maximum absolute atomic E-state index is 11.5. The Kier molecular flexibility index (Phi) is 2.40. The van der Waals surface area contributed by atoms with Gasteiger partial charge in [-0.2, -0.15) is 0 Å². The van der Waals surface area contributed by atoms with Crippen LogP contribution in [0.2, 0.25) is 0 Å². The fraction of sp³-hybridized carbons (Fsp3) is 0.889. The topological polar surface area (TPSA) is 44.4 Å². The van der Waals surface area contributed by atoms with E-state index in [1.54, 1.807) is 0 Å². The molecule has 2 saturated heterocycles. The lowest BCUT2D eigenvalue weighted by molar-refractivity contribution is 0.182. The highest BCUT2D eigenvalue weighted by Gasteiger charge is 2.31. The van der Waals surface area contributed by atoms with Crippen LogP contribution in [-0.4, -0.2) is 42.6 Å². The van der Waals surface area contributed by atoms with Gasteiger partial charge in [0.15, 0.2) is 0 Å². The fourth-order valence-corrected chi connectivity index (χ4v) is 2.15. The first-order valence-corrected chi connectivity index (χ1v) is 5.05. The molecule has 0 bridgehead atoms. The summed E-state index contributed by atoms with van der Waals surface area (Å²) in [6.45, 7) is 5.02. The first kappa shape index (κ1) is 8.81. The normalized spacial score (nSPS) is 30.7. The van der Waals surface area contributed by atoms with E-state index < -0.39 is 0 Å². The zero-order chi connectivity index (χ0) is 9.26. The lowest BCUT2D eigenvalue weighted by Crippen LogP contribution is -2.44. The molecule has 74 valence electrons. The molecule has 2 fully saturated rings. The van der Waals surface area contributed by atoms with Gasteiger partial charge < -0.3 is 15.5 Å². The predicted molar refractivity (Wildman–Crippen MR) is 50.6 cm³/mol. The SMILES string of the molecule is CC1CN(C2CCNCC2)C(=O)N1. The Morgan fingerprint density at radius 2 is 2.08 bits per heavy atom. The molecule has 4 heteroatoms. The van der Waals surface area contributed by atoms with Gasteiger partial charge in [-0.15, -0.1) is 0 Å². The van der Waals surface area contributed by atoms with Gasteiger partial charge >= 0.3 is 6.03 Å². The lowest BCUT2D eigenvalue weighted by Gasteiger charge is -2.30. The third-order valence-electron chi connectivity index (χ3n) is 2.85. The molecule has 1 unspecified atom stereocenters. The monoisotopic (exact) mass is 183 g/mol. The van der Waals surface area contributed by atoms with Gasteiger partial charge in [-0.05, 0) is 32.9 Å². The molecule has 1 atom stereocenters. The molecule has 2 heterocycles. The number of urea groups is 1. The number of nitrogens with one attached hydrogen (secondary N) is 2. The smallest absolute Gasteiger partial charge is 0.317 e. The first-order chi connectivity index (χ1) is 6.27. The predicted octanol–water partition coefficient (Wildman–Crippen LogP) is 0.152. The van der Waals surface area contributed by atoms with Crippen molar-refractivity contribution in [2.75, 3.05) is 19.6 Å². The second-order valence-corrected chi connectivity index (χ2v) is 3.98. The number of nitrogens with zero attached hydrogens (tertiary/aromatic N) is 1. The summed E-state index contributed by atoms with van der Waals surface area (Å²) >= 11 is 0. The van der Waals surface area contributed by atoms with E-state index in [0.29, 0.717) is 12.1 Å². The third-order valence-corrected chi connectivity index (χ3v) is 2.85. The number of hydrogen-bond acceptors (Lipinski definition) is 2. The maximum atomic E-state index is 11.5. The zero-order valence-corrected chi connectivity index (χ0v) is 8.05. The van der Waals surface area contributed by atoms with Crippen molar-refractivity contribution in [3.05, 3.63) is 0 Å². The maximum Gasteiger partial charge on any atom is 0.317 e. The minimum Gasteiger partial charge on any atom is -0.334 e. The molecule has 0 aromatic rings. The van der Waals surface area contributed by atoms with Gasteiger partial charge in [-0.1, -0.05) is 0 Å². The highest BCUT2D eigenvalue weighted by molar-refractivity contribution is 5.77. The molecule has 2 N–H and O–H groups in total. The molecule has 2 aliphatic heterocycles. The van der Waals surface area contributed by atoms with Crippen molar-refractivity contribution in [3.63, 3.8) is 0 Å². The van der Waals surface area contributed by atoms with E-state index in [9.17, 15) is 4.79 Å². The molecule has 2 aliphatic rings. The summed E-state index contributed by atoms with van der Waals surface area (Å²) < 4.78 is 0. The fourth-order valence-electron chi connectivity index (χ4n) is 2.15. The van der Waals surface area contributed by atoms with Crippen LogP contribution in [0.5, 0.6) is 0 Å². The summed E-state index contributed by atoms with van der Waals surface area (Å²) in [6.07, 6.45) is 2.19. The highest BCUT2D eigenvalue weighted by atomic mass is 16.2. The number of rotatable bonds is 1. The second kappa shape index (κ2) is 3.54. The van der Waals surface area contributed by atoms with Crippen LogP contribution in [0.3, 0.4) is 0 Å². The summed E-state index contributed by atoms with van der Waals surface area (Å²) in [5, 5.41) is 6.24. The molecular weight excluding hydrogens is 166 g/mol. The van der Waals surface area contributed by atoms with Gasteiger partial charge in [-0.3, -0.25) is 0 Å². The molecule has 0 aliphatic carbocycles. The van der Waals surface area contributed by atoms with Crippen LogP contribution in [0.1, 0.15) is 19.8 Å². The highest BCUT2D eigenvalue weighted by Crippen LogP contribution is 2.15. The average Bonchev–Trinajstić information content (AvgIpc) is 2.47. The minimum atomic E-state index is 0.124. The van der Waals surface area contributed by atoms with Crippen molar-refractivity contribution >= 4 is 6.03 Å². The molecule has 0 radical (unpaired) electrons. The van der Waals surface area contributed by atoms with Crippen molar-refractivity contribution in [1.29, 1.82) is 0 Å². The van der Waals surface area contributed by atoms with Crippen LogP contribution in [0.15, 0.2) is 0 Å². The molecule has 2 amide bonds. The van der Waals surface area contributed by atoms with Crippen LogP contribution in [-0.2, 0) is 0 Å². The summed E-state index contributed by atoms with van der Waals surface area (Å²) in [5.74, 6) is 0. The molecule has 13 heavy (non-hydrogen) atoms. The summed E-state index contributed by atoms with van der Waals surface area (Å²) in [4.78, 5) is 13.5. The first-order valence-electron chi connectivity index (χ1n) is 5.05. The largest absolute Gasteiger partial charge is 0.334 e. The quantitative estimate of drug-likeness (QED) is 0.608. The number of piperidine rings is 1. The Labute approximate surface area is 78.7 Å². The standard InChI is InChI=1S/C9H17N3O/c1-7-6-12(9(13)11-7)8-2-4-10-5-3-8/h7-8,10H,2-6H2,1H3,(H,11,13). The molecule has 0 aromatic heterocycles. The van der Waals surface area contributed by atoms with Crippen molar-refractivity contribution in [1.82, 2.24) is 15.5 Å². The van der Waals surface area contributed by atoms with Crippen LogP contribution < -0.4 is 10.6 Å². The Bertz CT molecular complexity index is 201. The van der Waals surface area contributed by atoms with E-state index in [4.69, 9.17) is 0 Å². The number of hydrogen-bond donors (Lipinski definition) is 2. The minimum absolute atomic E-state index is 0.124. The van der Waals surface area contributed by atoms with Gasteiger partial charge in [0.2, 0.25) is 0 Å². The van der Waals surface area contributed by atoms with Gasteiger partial charge in [0.05, 0.1) is 0 Å². The molecular formula is C9H17N3O. The van der Waals surface area contributed by atoms with Crippen LogP contribution >= 0.6 is 0 Å². The third kappa shape index (κ3) is 1.77. The van der Waals surface area contributed by atoms with Crippen molar-refractivity contribution < 1.29 is 4.79 Å². The van der Waals surface area contributed by atoms with E-state index in [2.05, 4.69) is 17.6 Å². The van der Waals surface area contributed by atoms with Crippen molar-refractivity contribution in [2.24, 2.45) is 0 Å². The van der Waals surface area contributed by atoms with E-state index in [0.717, 1.165) is 32.5 Å². The zero-order valence-electron chi connectivity index (χ0n) is 8.05. The van der Waals surface area contributed by atoms with Gasteiger partial charge in [-0.25, -0.2) is 4.79 Å². The van der Waals surface area contributed by atoms with E-state index in [1.165, 1.54) is 0 Å². The van der Waals surface area contributed by atoms with E-state index in [1.807, 2.05) is 4.90 Å². The Balaban J connectivity index is 1.95. The summed E-state index contributed by atoms with van der Waals surface area (Å²) in [6, 6.07) is 0.910. The molecule has 2 rings (SSSR count). The lowest BCUT2D eigenvalue weighted by atomic mass is 10.1. The Hall–Kier alpha value is -0.770. The second-order valence-electron chi connectivity index (χ2n) is 3.98. The van der Waals surface area contributed by atoms with Crippen LogP contribution in [0, 0.1) is 0 Å². The summed E-state index contributed by atoms with van der Waals surface area (Å²) in [7, 11) is 0. The molecule has 4 nitrogen and oxygen atoms in total. The summed E-state index contributed by atoms with van der Waals surface area (Å²) in [5.41, 5.74) is 0. The Morgan fingerprint density at radius 3 is 2.62 bits per heavy atom. The molecule has 0 spiro atoms. The van der Waals surface area contributed by atoms with E-state index >= 15 is 0 Å². The van der Waals surface area contributed by atoms with Crippen LogP contribution in [0.4, 0.5) is 4.79 Å². The Morgan fingerprint density at radius 1 is 1.38 bits per heavy atom. The number of amides is 2. The molecule has 0 saturated carbocycles. The number of carbonyl (C=O) groups excluding carboxylic acids is 1. The van der Waals surface area contributed by atoms with E-state index in [-0.39, 0.29) is 6.03 Å². The van der Waals surface area contributed by atoms with Crippen LogP contribution in [0.25, 0.3) is 0 Å². The number of carbonyl (C=O) groups is 1. The van der Waals surface area contributed by atoms with Gasteiger partial charge in [0.1, 0.15) is 0 Å². The van der Waals surface area contributed by atoms with Crippen molar-refractivity contribution in [2.45, 2.75) is 31.8 Å². The van der Waals surface area contributed by atoms with Gasteiger partial charge in [0.25, 0.3) is 0 Å². The van der Waals surface area contributed by atoms with Gasteiger partial charge in [0, 0.05) is 18.6 Å².